The maximum atomic E-state index is 12.1. The maximum Gasteiger partial charge on any atom is 0.241 e. The molecule has 1 aromatic carbocycles. The third-order valence-corrected chi connectivity index (χ3v) is 4.11. The Bertz CT molecular complexity index is 454. The number of nitrogens with one attached hydrogen (secondary N) is 2. The second kappa shape index (κ2) is 6.14. The van der Waals surface area contributed by atoms with E-state index in [1.54, 1.807) is 7.11 Å². The Morgan fingerprint density at radius 1 is 1.50 bits per heavy atom. The first-order valence-electron chi connectivity index (χ1n) is 5.62. The van der Waals surface area contributed by atoms with Gasteiger partial charge in [0.05, 0.1) is 17.8 Å². The molecule has 18 heavy (non-hydrogen) atoms. The van der Waals surface area contributed by atoms with Crippen LogP contribution in [0.3, 0.4) is 0 Å². The van der Waals surface area contributed by atoms with E-state index in [9.17, 15) is 4.79 Å². The molecular weight excluding hydrogens is 364 g/mol. The molecule has 1 aliphatic heterocycles. The molecule has 1 aliphatic rings. The summed E-state index contributed by atoms with van der Waals surface area (Å²) < 4.78 is 7.01. The van der Waals surface area contributed by atoms with Gasteiger partial charge in [0.15, 0.2) is 0 Å². The lowest BCUT2D eigenvalue weighted by atomic mass is 10.2. The van der Waals surface area contributed by atoms with Crippen LogP contribution < -0.4 is 10.6 Å². The van der Waals surface area contributed by atoms with E-state index < -0.39 is 0 Å². The van der Waals surface area contributed by atoms with Crippen LogP contribution in [0, 0.1) is 0 Å². The quantitative estimate of drug-likeness (QED) is 0.850. The molecule has 1 saturated heterocycles. The van der Waals surface area contributed by atoms with Gasteiger partial charge < -0.3 is 15.4 Å². The van der Waals surface area contributed by atoms with Crippen molar-refractivity contribution >= 4 is 43.5 Å². The van der Waals surface area contributed by atoms with Gasteiger partial charge in [-0.25, -0.2) is 0 Å². The Balaban J connectivity index is 2.01. The van der Waals surface area contributed by atoms with Crippen molar-refractivity contribution in [3.8, 4) is 0 Å². The zero-order valence-corrected chi connectivity index (χ0v) is 13.0. The van der Waals surface area contributed by atoms with Gasteiger partial charge in [0.1, 0.15) is 0 Å². The van der Waals surface area contributed by atoms with Crippen LogP contribution in [0.1, 0.15) is 6.42 Å². The van der Waals surface area contributed by atoms with Crippen LogP contribution in [-0.2, 0) is 9.53 Å². The van der Waals surface area contributed by atoms with E-state index in [1.807, 2.05) is 18.2 Å². The van der Waals surface area contributed by atoms with Crippen molar-refractivity contribution in [3.63, 3.8) is 0 Å². The molecule has 1 fully saturated rings. The summed E-state index contributed by atoms with van der Waals surface area (Å²) in [5.74, 6) is -0.0339. The number of hydrogen-bond donors (Lipinski definition) is 2. The van der Waals surface area contributed by atoms with E-state index in [0.717, 1.165) is 14.6 Å². The Kier molecular flexibility index (Phi) is 4.77. The van der Waals surface area contributed by atoms with Crippen LogP contribution in [0.4, 0.5) is 5.69 Å². The summed E-state index contributed by atoms with van der Waals surface area (Å²) in [6.07, 6.45) is 0.820. The molecule has 1 heterocycles. The summed E-state index contributed by atoms with van der Waals surface area (Å²) >= 11 is 6.80. The third-order valence-electron chi connectivity index (χ3n) is 2.93. The Morgan fingerprint density at radius 3 is 2.94 bits per heavy atom. The fourth-order valence-electron chi connectivity index (χ4n) is 1.90. The predicted octanol–water partition coefficient (Wildman–Crippen LogP) is 2.53. The summed E-state index contributed by atoms with van der Waals surface area (Å²) in [5.41, 5.74) is 0.761. The Morgan fingerprint density at radius 2 is 2.28 bits per heavy atom. The van der Waals surface area contributed by atoms with Crippen LogP contribution in [-0.4, -0.2) is 31.7 Å². The van der Waals surface area contributed by atoms with Crippen LogP contribution in [0.15, 0.2) is 27.1 Å². The second-order valence-corrected chi connectivity index (χ2v) is 5.94. The van der Waals surface area contributed by atoms with Crippen molar-refractivity contribution in [2.75, 3.05) is 19.0 Å². The van der Waals surface area contributed by atoms with Crippen molar-refractivity contribution in [2.45, 2.75) is 18.6 Å². The van der Waals surface area contributed by atoms with Crippen molar-refractivity contribution < 1.29 is 9.53 Å². The van der Waals surface area contributed by atoms with Gasteiger partial charge in [-0.2, -0.15) is 0 Å². The molecule has 1 amide bonds. The summed E-state index contributed by atoms with van der Waals surface area (Å²) in [6.45, 7) is 0.717. The average molecular weight is 378 g/mol. The van der Waals surface area contributed by atoms with Gasteiger partial charge in [0, 0.05) is 22.6 Å². The molecule has 1 aromatic rings. The zero-order chi connectivity index (χ0) is 13.1. The highest BCUT2D eigenvalue weighted by Gasteiger charge is 2.29. The fourth-order valence-corrected chi connectivity index (χ4v) is 2.60. The molecule has 2 rings (SSSR count). The minimum Gasteiger partial charge on any atom is -0.380 e. The van der Waals surface area contributed by atoms with Crippen LogP contribution in [0.25, 0.3) is 0 Å². The number of halogens is 2. The van der Waals surface area contributed by atoms with E-state index >= 15 is 0 Å². The highest BCUT2D eigenvalue weighted by molar-refractivity contribution is 9.11. The summed E-state index contributed by atoms with van der Waals surface area (Å²) in [6, 6.07) is 5.47. The van der Waals surface area contributed by atoms with Gasteiger partial charge >= 0.3 is 0 Å². The Labute approximate surface area is 123 Å². The SMILES string of the molecule is COC1CNC(C(=O)Nc2cc(Br)ccc2Br)C1. The lowest BCUT2D eigenvalue weighted by Crippen LogP contribution is -2.35. The first-order valence-corrected chi connectivity index (χ1v) is 7.21. The minimum absolute atomic E-state index is 0.0339. The monoisotopic (exact) mass is 376 g/mol. The van der Waals surface area contributed by atoms with E-state index in [2.05, 4.69) is 42.5 Å². The predicted molar refractivity (Wildman–Crippen MR) is 77.7 cm³/mol. The molecule has 0 spiro atoms. The number of carbonyl (C=O) groups is 1. The van der Waals surface area contributed by atoms with Crippen LogP contribution in [0.2, 0.25) is 0 Å². The van der Waals surface area contributed by atoms with Gasteiger partial charge in [-0.1, -0.05) is 15.9 Å². The molecule has 0 saturated carbocycles. The van der Waals surface area contributed by atoms with Gasteiger partial charge in [-0.3, -0.25) is 4.79 Å². The van der Waals surface area contributed by atoms with E-state index in [0.29, 0.717) is 13.0 Å². The van der Waals surface area contributed by atoms with Gasteiger partial charge in [-0.15, -0.1) is 0 Å². The third kappa shape index (κ3) is 3.32. The summed E-state index contributed by atoms with van der Waals surface area (Å²) in [4.78, 5) is 12.1. The number of carbonyl (C=O) groups excluding carboxylic acids is 1. The number of anilines is 1. The number of methoxy groups -OCH3 is 1. The average Bonchev–Trinajstić information content (AvgIpc) is 2.82. The van der Waals surface area contributed by atoms with Crippen molar-refractivity contribution in [1.82, 2.24) is 5.32 Å². The number of benzene rings is 1. The van der Waals surface area contributed by atoms with Crippen LogP contribution in [0.5, 0.6) is 0 Å². The lowest BCUT2D eigenvalue weighted by molar-refractivity contribution is -0.118. The Hall–Kier alpha value is -0.430. The molecule has 98 valence electrons. The van der Waals surface area contributed by atoms with Gasteiger partial charge in [0.2, 0.25) is 5.91 Å². The maximum absolute atomic E-state index is 12.1. The second-order valence-electron chi connectivity index (χ2n) is 4.17. The smallest absolute Gasteiger partial charge is 0.241 e. The lowest BCUT2D eigenvalue weighted by Gasteiger charge is -2.12. The largest absolute Gasteiger partial charge is 0.380 e. The standard InChI is InChI=1S/C12H14Br2N2O2/c1-18-8-5-11(15-6-8)12(17)16-10-4-7(13)2-3-9(10)14/h2-4,8,11,15H,5-6H2,1H3,(H,16,17). The van der Waals surface area contributed by atoms with E-state index in [4.69, 9.17) is 4.74 Å². The number of amides is 1. The summed E-state index contributed by atoms with van der Waals surface area (Å²) in [5, 5.41) is 6.05. The van der Waals surface area contributed by atoms with Gasteiger partial charge in [0.25, 0.3) is 0 Å². The number of rotatable bonds is 3. The molecule has 2 atom stereocenters. The molecule has 0 radical (unpaired) electrons. The van der Waals surface area contributed by atoms with E-state index in [1.165, 1.54) is 0 Å². The molecular formula is C12H14Br2N2O2. The topological polar surface area (TPSA) is 50.4 Å². The van der Waals surface area contributed by atoms with Crippen molar-refractivity contribution in [1.29, 1.82) is 0 Å². The highest BCUT2D eigenvalue weighted by atomic mass is 79.9. The summed E-state index contributed by atoms with van der Waals surface area (Å²) in [7, 11) is 1.66. The fraction of sp³-hybridized carbons (Fsp3) is 0.417. The van der Waals surface area contributed by atoms with Crippen molar-refractivity contribution in [3.05, 3.63) is 27.1 Å². The minimum atomic E-state index is -0.194. The molecule has 0 aliphatic carbocycles. The highest BCUT2D eigenvalue weighted by Crippen LogP contribution is 2.26. The first kappa shape index (κ1) is 14.0. The molecule has 2 unspecified atom stereocenters. The molecule has 6 heteroatoms. The zero-order valence-electron chi connectivity index (χ0n) is 9.87. The molecule has 4 nitrogen and oxygen atoms in total. The van der Waals surface area contributed by atoms with Gasteiger partial charge in [-0.05, 0) is 40.5 Å². The van der Waals surface area contributed by atoms with E-state index in [-0.39, 0.29) is 18.1 Å². The molecule has 0 bridgehead atoms. The molecule has 2 N–H and O–H groups in total. The number of ether oxygens (including phenoxy) is 1. The molecule has 0 aromatic heterocycles. The number of hydrogen-bond acceptors (Lipinski definition) is 3. The normalized spacial score (nSPS) is 23.1. The van der Waals surface area contributed by atoms with Crippen LogP contribution >= 0.6 is 31.9 Å². The van der Waals surface area contributed by atoms with Crippen molar-refractivity contribution in [2.24, 2.45) is 0 Å². The first-order chi connectivity index (χ1) is 8.60.